The van der Waals surface area contributed by atoms with Crippen LogP contribution in [0.15, 0.2) is 53.9 Å². The first-order chi connectivity index (χ1) is 16.6. The molecule has 0 aliphatic carbocycles. The molecule has 1 unspecified atom stereocenters. The Morgan fingerprint density at radius 1 is 1.09 bits per heavy atom. The Bertz CT molecular complexity index is 1080. The van der Waals surface area contributed by atoms with E-state index < -0.39 is 5.82 Å². The lowest BCUT2D eigenvalue weighted by Gasteiger charge is -2.21. The summed E-state index contributed by atoms with van der Waals surface area (Å²) in [4.78, 5) is 14.5. The van der Waals surface area contributed by atoms with Crippen molar-refractivity contribution in [2.45, 2.75) is 32.6 Å². The van der Waals surface area contributed by atoms with E-state index in [2.05, 4.69) is 68.9 Å². The van der Waals surface area contributed by atoms with Crippen molar-refractivity contribution < 1.29 is 9.13 Å². The molecule has 178 valence electrons. The number of aromatic nitrogens is 3. The molecule has 9 heteroatoms. The van der Waals surface area contributed by atoms with Gasteiger partial charge in [0.1, 0.15) is 0 Å². The Balaban J connectivity index is 1.34. The summed E-state index contributed by atoms with van der Waals surface area (Å²) in [7, 11) is 0. The maximum absolute atomic E-state index is 14.2. The van der Waals surface area contributed by atoms with Gasteiger partial charge in [0.2, 0.25) is 5.95 Å². The number of nitrogens with one attached hydrogen (secondary N) is 2. The minimum Gasteiger partial charge on any atom is -0.380 e. The Morgan fingerprint density at radius 2 is 1.91 bits per heavy atom. The van der Waals surface area contributed by atoms with Gasteiger partial charge < -0.3 is 15.0 Å². The largest absolute Gasteiger partial charge is 0.380 e. The molecule has 1 fully saturated rings. The molecule has 34 heavy (non-hydrogen) atoms. The molecule has 0 bridgehead atoms. The van der Waals surface area contributed by atoms with E-state index in [9.17, 15) is 4.39 Å². The third-order valence-corrected chi connectivity index (χ3v) is 5.78. The lowest BCUT2D eigenvalue weighted by atomic mass is 9.99. The highest BCUT2D eigenvalue weighted by molar-refractivity contribution is 5.78. The van der Waals surface area contributed by atoms with Crippen LogP contribution in [-0.4, -0.2) is 47.5 Å². The Hall–Kier alpha value is -3.59. The third-order valence-electron chi connectivity index (χ3n) is 5.78. The smallest absolute Gasteiger partial charge is 0.245 e. The van der Waals surface area contributed by atoms with E-state index in [1.54, 1.807) is 12.4 Å². The fraction of sp³-hybridized carbons (Fsp3) is 0.360. The Kier molecular flexibility index (Phi) is 7.98. The highest BCUT2D eigenvalue weighted by atomic mass is 19.1. The van der Waals surface area contributed by atoms with Gasteiger partial charge in [0, 0.05) is 25.4 Å². The maximum atomic E-state index is 14.2. The second kappa shape index (κ2) is 11.5. The molecular formula is C25H30FN7O. The molecule has 0 amide bonds. The van der Waals surface area contributed by atoms with Crippen LogP contribution in [0.1, 0.15) is 43.9 Å². The summed E-state index contributed by atoms with van der Waals surface area (Å²) in [5, 5.41) is 7.50. The number of benzene rings is 1. The first-order valence-electron chi connectivity index (χ1n) is 11.6. The van der Waals surface area contributed by atoms with Gasteiger partial charge in [-0.05, 0) is 48.6 Å². The summed E-state index contributed by atoms with van der Waals surface area (Å²) in [6, 6.07) is 12.3. The van der Waals surface area contributed by atoms with E-state index in [-0.39, 0.29) is 11.8 Å². The summed E-state index contributed by atoms with van der Waals surface area (Å²) < 4.78 is 19.7. The molecule has 1 aliphatic rings. The molecule has 8 nitrogen and oxygen atoms in total. The van der Waals surface area contributed by atoms with E-state index in [0.717, 1.165) is 30.4 Å². The molecule has 3 heterocycles. The normalized spacial score (nSPS) is 15.2. The second-order valence-corrected chi connectivity index (χ2v) is 8.22. The summed E-state index contributed by atoms with van der Waals surface area (Å²) in [6.45, 7) is 6.91. The predicted molar refractivity (Wildman–Crippen MR) is 134 cm³/mol. The van der Waals surface area contributed by atoms with Gasteiger partial charge in [-0.15, -0.1) is 0 Å². The van der Waals surface area contributed by atoms with Crippen molar-refractivity contribution in [2.75, 3.05) is 41.9 Å². The number of halogens is 1. The molecule has 1 aliphatic heterocycles. The van der Waals surface area contributed by atoms with Gasteiger partial charge in [-0.2, -0.15) is 10.1 Å². The number of hydrogen-bond acceptors (Lipinski definition) is 8. The van der Waals surface area contributed by atoms with E-state index in [0.29, 0.717) is 37.9 Å². The van der Waals surface area contributed by atoms with Gasteiger partial charge in [0.15, 0.2) is 11.6 Å². The zero-order chi connectivity index (χ0) is 23.8. The van der Waals surface area contributed by atoms with Crippen LogP contribution in [0.3, 0.4) is 0 Å². The van der Waals surface area contributed by atoms with Crippen LogP contribution >= 0.6 is 0 Å². The van der Waals surface area contributed by atoms with Gasteiger partial charge in [0.05, 0.1) is 36.6 Å². The first kappa shape index (κ1) is 23.6. The molecule has 1 saturated heterocycles. The minimum absolute atomic E-state index is 0.219. The SMILES string of the molecule is CCC(C)c1ccc(Nc2ccc(/C=N/Nc3ncc(F)c(N4CCCOCC4)n3)nc2)cc1. The van der Waals surface area contributed by atoms with Gasteiger partial charge in [0.25, 0.3) is 0 Å². The van der Waals surface area contributed by atoms with Crippen LogP contribution in [0.4, 0.5) is 27.5 Å². The first-order valence-corrected chi connectivity index (χ1v) is 11.6. The zero-order valence-corrected chi connectivity index (χ0v) is 19.5. The minimum atomic E-state index is -0.462. The molecule has 0 radical (unpaired) electrons. The highest BCUT2D eigenvalue weighted by Crippen LogP contribution is 2.22. The fourth-order valence-electron chi connectivity index (χ4n) is 3.60. The second-order valence-electron chi connectivity index (χ2n) is 8.22. The number of anilines is 4. The van der Waals surface area contributed by atoms with Crippen molar-refractivity contribution in [2.24, 2.45) is 5.10 Å². The van der Waals surface area contributed by atoms with Crippen molar-refractivity contribution in [3.05, 3.63) is 65.9 Å². The maximum Gasteiger partial charge on any atom is 0.245 e. The standard InChI is InChI=1S/C25H30FN7O/c1-3-18(2)19-5-7-20(8-6-19)30-22-10-9-21(27-15-22)16-29-32-25-28-17-23(26)24(31-25)33-11-4-13-34-14-12-33/h5-10,15-18,30H,3-4,11-14H2,1-2H3,(H,28,31,32)/b29-16+. The van der Waals surface area contributed by atoms with Crippen LogP contribution in [-0.2, 0) is 4.74 Å². The van der Waals surface area contributed by atoms with E-state index in [4.69, 9.17) is 4.74 Å². The molecule has 1 aromatic carbocycles. The number of ether oxygens (including phenoxy) is 1. The van der Waals surface area contributed by atoms with Crippen LogP contribution in [0.5, 0.6) is 0 Å². The van der Waals surface area contributed by atoms with Crippen molar-refractivity contribution in [3.8, 4) is 0 Å². The fourth-order valence-corrected chi connectivity index (χ4v) is 3.60. The van der Waals surface area contributed by atoms with Crippen LogP contribution in [0.2, 0.25) is 0 Å². The molecule has 1 atom stereocenters. The quantitative estimate of drug-likeness (QED) is 0.361. The summed E-state index contributed by atoms with van der Waals surface area (Å²) in [6.07, 6.45) is 6.41. The average molecular weight is 464 g/mol. The van der Waals surface area contributed by atoms with E-state index >= 15 is 0 Å². The molecule has 2 N–H and O–H groups in total. The number of hydrogen-bond donors (Lipinski definition) is 2. The number of rotatable bonds is 8. The summed E-state index contributed by atoms with van der Waals surface area (Å²) >= 11 is 0. The topological polar surface area (TPSA) is 87.6 Å². The van der Waals surface area contributed by atoms with Crippen LogP contribution in [0, 0.1) is 5.82 Å². The van der Waals surface area contributed by atoms with E-state index in [1.807, 2.05) is 17.0 Å². The molecular weight excluding hydrogens is 433 g/mol. The van der Waals surface area contributed by atoms with E-state index in [1.165, 1.54) is 5.56 Å². The van der Waals surface area contributed by atoms with Crippen LogP contribution < -0.4 is 15.6 Å². The number of nitrogens with zero attached hydrogens (tertiary/aromatic N) is 5. The van der Waals surface area contributed by atoms with Crippen LogP contribution in [0.25, 0.3) is 0 Å². The monoisotopic (exact) mass is 463 g/mol. The van der Waals surface area contributed by atoms with Gasteiger partial charge in [-0.3, -0.25) is 4.98 Å². The van der Waals surface area contributed by atoms with Crippen molar-refractivity contribution in [3.63, 3.8) is 0 Å². The molecule has 4 rings (SSSR count). The summed E-state index contributed by atoms with van der Waals surface area (Å²) in [5.74, 6) is 0.565. The van der Waals surface area contributed by atoms with Crippen molar-refractivity contribution in [1.82, 2.24) is 15.0 Å². The lowest BCUT2D eigenvalue weighted by Crippen LogP contribution is -2.28. The van der Waals surface area contributed by atoms with Crippen molar-refractivity contribution >= 4 is 29.4 Å². The average Bonchev–Trinajstić information content (AvgIpc) is 3.16. The summed E-state index contributed by atoms with van der Waals surface area (Å²) in [5.41, 5.74) is 6.65. The van der Waals surface area contributed by atoms with Gasteiger partial charge >= 0.3 is 0 Å². The lowest BCUT2D eigenvalue weighted by molar-refractivity contribution is 0.152. The molecule has 0 spiro atoms. The van der Waals surface area contributed by atoms with Crippen molar-refractivity contribution in [1.29, 1.82) is 0 Å². The zero-order valence-electron chi connectivity index (χ0n) is 19.5. The Labute approximate surface area is 199 Å². The number of hydrazone groups is 1. The van der Waals surface area contributed by atoms with Gasteiger partial charge in [-0.25, -0.2) is 14.8 Å². The third kappa shape index (κ3) is 6.26. The molecule has 0 saturated carbocycles. The predicted octanol–water partition coefficient (Wildman–Crippen LogP) is 4.94. The Morgan fingerprint density at radius 3 is 2.68 bits per heavy atom. The molecule has 3 aromatic rings. The van der Waals surface area contributed by atoms with Gasteiger partial charge in [-0.1, -0.05) is 26.0 Å². The molecule has 2 aromatic heterocycles. The number of pyridine rings is 1. The highest BCUT2D eigenvalue weighted by Gasteiger charge is 2.16.